The van der Waals surface area contributed by atoms with Crippen LogP contribution in [0, 0.1) is 0 Å². The molecule has 3 atom stereocenters. The van der Waals surface area contributed by atoms with Crippen LogP contribution in [0.4, 0.5) is 5.69 Å². The van der Waals surface area contributed by atoms with Crippen molar-refractivity contribution < 1.29 is 43.3 Å². The molecule has 316 valence electrons. The Hall–Kier alpha value is -4.59. The van der Waals surface area contributed by atoms with Crippen molar-refractivity contribution in [1.29, 1.82) is 0 Å². The third-order valence-electron chi connectivity index (χ3n) is 12.3. The minimum absolute atomic E-state index is 0.0304. The Balaban J connectivity index is 0.697. The quantitative estimate of drug-likeness (QED) is 0.113. The van der Waals surface area contributed by atoms with Gasteiger partial charge in [0.15, 0.2) is 0 Å². The number of nitrogens with zero attached hydrogens (tertiary/aromatic N) is 5. The molecule has 5 N–H and O–H groups in total. The highest BCUT2D eigenvalue weighted by Crippen LogP contribution is 2.48. The molecular formula is C41H52N8O9S. The number of aryl methyl sites for hydroxylation is 1. The van der Waals surface area contributed by atoms with Gasteiger partial charge in [0, 0.05) is 62.3 Å². The fourth-order valence-electron chi connectivity index (χ4n) is 9.23. The van der Waals surface area contributed by atoms with Crippen LogP contribution in [0.3, 0.4) is 0 Å². The molecule has 2 aromatic heterocycles. The van der Waals surface area contributed by atoms with E-state index in [1.165, 1.54) is 4.88 Å². The number of fused-ring (bicyclic) bond motifs is 4. The van der Waals surface area contributed by atoms with Gasteiger partial charge < -0.3 is 30.4 Å². The minimum atomic E-state index is -1.17. The van der Waals surface area contributed by atoms with E-state index in [2.05, 4.69) is 30.4 Å². The molecule has 3 aromatic rings. The maximum atomic E-state index is 13.3. The second-order valence-electron chi connectivity index (χ2n) is 15.9. The van der Waals surface area contributed by atoms with Crippen LogP contribution >= 0.6 is 11.3 Å². The Labute approximate surface area is 345 Å². The van der Waals surface area contributed by atoms with Crippen molar-refractivity contribution in [2.45, 2.75) is 88.0 Å². The van der Waals surface area contributed by atoms with Gasteiger partial charge in [-0.1, -0.05) is 6.07 Å². The zero-order chi connectivity index (χ0) is 41.0. The van der Waals surface area contributed by atoms with Gasteiger partial charge in [-0.05, 0) is 75.0 Å². The highest BCUT2D eigenvalue weighted by atomic mass is 32.1. The lowest BCUT2D eigenvalue weighted by molar-refractivity contribution is -0.136. The second kappa shape index (κ2) is 18.4. The molecule has 3 fully saturated rings. The number of aromatic nitrogens is 2. The summed E-state index contributed by atoms with van der Waals surface area (Å²) in [4.78, 5) is 79.1. The lowest BCUT2D eigenvalue weighted by Gasteiger charge is -2.41. The maximum absolute atomic E-state index is 13.3. The third kappa shape index (κ3) is 8.98. The first kappa shape index (κ1) is 41.2. The molecule has 1 saturated carbocycles. The number of aliphatic hydroxyl groups is 1. The summed E-state index contributed by atoms with van der Waals surface area (Å²) < 4.78 is 18.2. The minimum Gasteiger partial charge on any atom is -0.474 e. The number of thiophene rings is 1. The molecular weight excluding hydrogens is 781 g/mol. The van der Waals surface area contributed by atoms with Crippen LogP contribution in [0.1, 0.15) is 88.4 Å². The molecule has 0 radical (unpaired) electrons. The number of hydrogen-bond donors (Lipinski definition) is 4. The highest BCUT2D eigenvalue weighted by Gasteiger charge is 2.45. The number of hydrogen-bond acceptors (Lipinski definition) is 15. The number of aliphatic hydroxyl groups excluding tert-OH is 1. The first-order valence-electron chi connectivity index (χ1n) is 20.8. The zero-order valence-corrected chi connectivity index (χ0v) is 33.9. The highest BCUT2D eigenvalue weighted by molar-refractivity contribution is 7.19. The number of rotatable bonds is 17. The van der Waals surface area contributed by atoms with Crippen LogP contribution < -0.4 is 21.1 Å². The first-order chi connectivity index (χ1) is 28.7. The topological polar surface area (TPSA) is 219 Å². The van der Waals surface area contributed by atoms with E-state index in [1.807, 2.05) is 0 Å². The van der Waals surface area contributed by atoms with Gasteiger partial charge >= 0.3 is 0 Å². The number of nitrogens with one attached hydrogen (secondary N) is 2. The zero-order valence-electron chi connectivity index (χ0n) is 33.1. The molecule has 8 rings (SSSR count). The molecule has 3 aliphatic heterocycles. The standard InChI is InChI=1S/C41H52N8O9S/c42-36(52)30(50)22-24-4-10-31-33(24)35-38(44-23-45-39(35)59-31)58-26-7-5-25(6-8-26)48-15-13-47(14-16-48)17-19-57-21-20-56-18-12-43-28-3-1-2-27-34(28)41(55)49(40(27)54)29-9-11-32(51)46-37(29)53/h1-3,23-26,29-30,43,50H,4-22H2,(H2,42,52)(H,46,51,53)/t24-,25?,26?,29?,30+/m1/s1. The number of primary amides is 1. The number of piperidine rings is 1. The van der Waals surface area contributed by atoms with Crippen molar-refractivity contribution in [3.05, 3.63) is 46.1 Å². The van der Waals surface area contributed by atoms with Gasteiger partial charge in [-0.2, -0.15) is 0 Å². The average Bonchev–Trinajstić information content (AvgIpc) is 3.88. The number of anilines is 1. The van der Waals surface area contributed by atoms with Crippen LogP contribution in [0.2, 0.25) is 0 Å². The van der Waals surface area contributed by atoms with Crippen molar-refractivity contribution in [3.8, 4) is 5.88 Å². The van der Waals surface area contributed by atoms with Crippen LogP contribution in [0.15, 0.2) is 24.5 Å². The fraction of sp³-hybridized carbons (Fsp3) is 0.585. The van der Waals surface area contributed by atoms with E-state index in [-0.39, 0.29) is 36.0 Å². The van der Waals surface area contributed by atoms with Crippen LogP contribution in [-0.2, 0) is 30.3 Å². The molecule has 2 aliphatic carbocycles. The van der Waals surface area contributed by atoms with E-state index in [0.717, 1.165) is 91.9 Å². The van der Waals surface area contributed by atoms with E-state index >= 15 is 0 Å². The monoisotopic (exact) mass is 832 g/mol. The first-order valence-corrected chi connectivity index (χ1v) is 21.6. The van der Waals surface area contributed by atoms with Crippen LogP contribution in [-0.4, -0.2) is 149 Å². The van der Waals surface area contributed by atoms with Gasteiger partial charge in [0.05, 0.1) is 42.9 Å². The molecule has 1 unspecified atom stereocenters. The summed E-state index contributed by atoms with van der Waals surface area (Å²) in [5, 5.41) is 16.5. The summed E-state index contributed by atoms with van der Waals surface area (Å²) in [6.45, 7) is 7.20. The summed E-state index contributed by atoms with van der Waals surface area (Å²) in [5.41, 5.74) is 7.44. The summed E-state index contributed by atoms with van der Waals surface area (Å²) in [6, 6.07) is 4.50. The third-order valence-corrected chi connectivity index (χ3v) is 13.5. The largest absolute Gasteiger partial charge is 0.474 e. The van der Waals surface area contributed by atoms with Gasteiger partial charge in [-0.25, -0.2) is 9.97 Å². The van der Waals surface area contributed by atoms with Crippen LogP contribution in [0.5, 0.6) is 5.88 Å². The maximum Gasteiger partial charge on any atom is 0.264 e. The molecule has 5 amide bonds. The van der Waals surface area contributed by atoms with Gasteiger partial charge in [-0.15, -0.1) is 11.3 Å². The Kier molecular flexibility index (Phi) is 12.8. The fourth-order valence-corrected chi connectivity index (χ4v) is 10.5. The molecule has 5 heterocycles. The van der Waals surface area contributed by atoms with E-state index in [4.69, 9.17) is 19.9 Å². The summed E-state index contributed by atoms with van der Waals surface area (Å²) in [5.74, 6) is -2.18. The number of carbonyl (C=O) groups is 5. The van der Waals surface area contributed by atoms with Gasteiger partial charge in [0.1, 0.15) is 29.4 Å². The number of ether oxygens (including phenoxy) is 3. The van der Waals surface area contributed by atoms with Gasteiger partial charge in [0.25, 0.3) is 11.8 Å². The lowest BCUT2D eigenvalue weighted by Crippen LogP contribution is -2.54. The van der Waals surface area contributed by atoms with E-state index < -0.39 is 41.7 Å². The van der Waals surface area contributed by atoms with Crippen molar-refractivity contribution in [1.82, 2.24) is 30.0 Å². The smallest absolute Gasteiger partial charge is 0.264 e. The molecule has 2 saturated heterocycles. The molecule has 5 aliphatic rings. The summed E-state index contributed by atoms with van der Waals surface area (Å²) >= 11 is 1.65. The van der Waals surface area contributed by atoms with Crippen molar-refractivity contribution in [2.75, 3.05) is 71.0 Å². The predicted molar refractivity (Wildman–Crippen MR) is 216 cm³/mol. The van der Waals surface area contributed by atoms with Crippen molar-refractivity contribution in [2.24, 2.45) is 5.73 Å². The van der Waals surface area contributed by atoms with Crippen molar-refractivity contribution in [3.63, 3.8) is 0 Å². The number of imide groups is 2. The van der Waals surface area contributed by atoms with E-state index in [0.29, 0.717) is 57.0 Å². The molecule has 0 spiro atoms. The Morgan fingerprint density at radius 3 is 2.49 bits per heavy atom. The van der Waals surface area contributed by atoms with E-state index in [9.17, 15) is 29.1 Å². The number of benzene rings is 1. The number of amides is 5. The van der Waals surface area contributed by atoms with Crippen molar-refractivity contribution >= 4 is 56.8 Å². The SMILES string of the molecule is NC(=O)[C@@H](O)C[C@H]1CCc2sc3ncnc(OC4CCC(N5CCN(CCOCCOCCNc6cccc7c6C(=O)N(C6CCC(=O)NC6=O)C7=O)CC5)CC4)c3c21. The summed E-state index contributed by atoms with van der Waals surface area (Å²) in [7, 11) is 0. The van der Waals surface area contributed by atoms with E-state index in [1.54, 1.807) is 35.9 Å². The Morgan fingerprint density at radius 2 is 1.73 bits per heavy atom. The molecule has 18 heteroatoms. The number of piperazine rings is 1. The molecule has 17 nitrogen and oxygen atoms in total. The van der Waals surface area contributed by atoms with Gasteiger partial charge in [-0.3, -0.25) is 44.0 Å². The predicted octanol–water partition coefficient (Wildman–Crippen LogP) is 1.81. The molecule has 59 heavy (non-hydrogen) atoms. The molecule has 1 aromatic carbocycles. The average molecular weight is 833 g/mol. The Morgan fingerprint density at radius 1 is 0.949 bits per heavy atom. The van der Waals surface area contributed by atoms with Gasteiger partial charge in [0.2, 0.25) is 23.6 Å². The molecule has 0 bridgehead atoms. The summed E-state index contributed by atoms with van der Waals surface area (Å²) in [6.07, 6.45) is 6.77. The second-order valence-corrected chi connectivity index (χ2v) is 17.0. The lowest BCUT2D eigenvalue weighted by atomic mass is 9.91. The number of nitrogens with two attached hydrogens (primary N) is 1. The number of carbonyl (C=O) groups excluding carboxylic acids is 5. The normalized spacial score (nSPS) is 24.3. The Bertz CT molecular complexity index is 2060. The van der Waals surface area contributed by atoms with Crippen LogP contribution in [0.25, 0.3) is 10.2 Å².